The lowest BCUT2D eigenvalue weighted by atomic mass is 10.2. The van der Waals surface area contributed by atoms with Crippen LogP contribution in [0.2, 0.25) is 0 Å². The summed E-state index contributed by atoms with van der Waals surface area (Å²) in [4.78, 5) is 23.3. The summed E-state index contributed by atoms with van der Waals surface area (Å²) in [5.41, 5.74) is 0.545. The molecule has 0 aromatic carbocycles. The van der Waals surface area contributed by atoms with Crippen molar-refractivity contribution in [2.75, 3.05) is 25.1 Å². The minimum atomic E-state index is -0.333. The molecule has 6 nitrogen and oxygen atoms in total. The number of anilines is 1. The normalized spacial score (nSPS) is 18.5. The maximum Gasteiger partial charge on any atom is 0.250 e. The van der Waals surface area contributed by atoms with Gasteiger partial charge in [0.2, 0.25) is 5.91 Å². The quantitative estimate of drug-likeness (QED) is 0.834. The number of morpholine rings is 1. The molecule has 0 bridgehead atoms. The Bertz CT molecular complexity index is 483. The summed E-state index contributed by atoms with van der Waals surface area (Å²) in [7, 11) is 0. The van der Waals surface area contributed by atoms with Crippen LogP contribution in [0.5, 0.6) is 0 Å². The van der Waals surface area contributed by atoms with Gasteiger partial charge in [-0.15, -0.1) is 12.4 Å². The van der Waals surface area contributed by atoms with Crippen molar-refractivity contribution in [3.05, 3.63) is 28.7 Å². The second-order valence-electron chi connectivity index (χ2n) is 4.11. The van der Waals surface area contributed by atoms with Crippen LogP contribution in [-0.2, 0) is 16.1 Å². The van der Waals surface area contributed by atoms with E-state index in [2.05, 4.69) is 10.6 Å². The molecule has 2 heterocycles. The fourth-order valence-electron chi connectivity index (χ4n) is 1.82. The second-order valence-corrected chi connectivity index (χ2v) is 4.11. The molecule has 1 aromatic rings. The Kier molecular flexibility index (Phi) is 6.01. The van der Waals surface area contributed by atoms with Crippen LogP contribution in [0.15, 0.2) is 23.1 Å². The molecule has 1 saturated heterocycles. The van der Waals surface area contributed by atoms with Gasteiger partial charge < -0.3 is 19.9 Å². The zero-order valence-electron chi connectivity index (χ0n) is 10.7. The van der Waals surface area contributed by atoms with Crippen molar-refractivity contribution >= 4 is 24.0 Å². The molecule has 1 fully saturated rings. The number of rotatable bonds is 3. The lowest BCUT2D eigenvalue weighted by Crippen LogP contribution is -2.48. The minimum absolute atomic E-state index is 0. The Hall–Kier alpha value is -1.37. The molecule has 106 valence electrons. The highest BCUT2D eigenvalue weighted by molar-refractivity contribution is 5.94. The van der Waals surface area contributed by atoms with Gasteiger partial charge in [-0.1, -0.05) is 0 Å². The summed E-state index contributed by atoms with van der Waals surface area (Å²) in [6.45, 7) is 4.13. The van der Waals surface area contributed by atoms with E-state index < -0.39 is 0 Å². The van der Waals surface area contributed by atoms with Gasteiger partial charge in [-0.05, 0) is 13.0 Å². The maximum absolute atomic E-state index is 11.9. The van der Waals surface area contributed by atoms with E-state index >= 15 is 0 Å². The molecule has 1 aliphatic heterocycles. The van der Waals surface area contributed by atoms with Gasteiger partial charge in [0.05, 0.1) is 18.9 Å². The average Bonchev–Trinajstić information content (AvgIpc) is 2.42. The first-order valence-corrected chi connectivity index (χ1v) is 6.03. The summed E-state index contributed by atoms with van der Waals surface area (Å²) in [6.07, 6.45) is 1.64. The van der Waals surface area contributed by atoms with Crippen LogP contribution in [0.4, 0.5) is 5.69 Å². The summed E-state index contributed by atoms with van der Waals surface area (Å²) in [5, 5.41) is 5.85. The summed E-state index contributed by atoms with van der Waals surface area (Å²) in [6, 6.07) is 2.72. The van der Waals surface area contributed by atoms with E-state index in [9.17, 15) is 9.59 Å². The first kappa shape index (κ1) is 15.7. The van der Waals surface area contributed by atoms with Gasteiger partial charge >= 0.3 is 0 Å². The second kappa shape index (κ2) is 7.28. The Labute approximate surface area is 117 Å². The van der Waals surface area contributed by atoms with Crippen LogP contribution in [-0.4, -0.2) is 36.3 Å². The molecule has 1 unspecified atom stereocenters. The molecule has 7 heteroatoms. The third kappa shape index (κ3) is 4.05. The van der Waals surface area contributed by atoms with Gasteiger partial charge in [0.25, 0.3) is 5.56 Å². The Morgan fingerprint density at radius 3 is 3.00 bits per heavy atom. The number of aryl methyl sites for hydroxylation is 1. The number of nitrogens with zero attached hydrogens (tertiary/aromatic N) is 1. The topological polar surface area (TPSA) is 72.4 Å². The van der Waals surface area contributed by atoms with E-state index in [0.29, 0.717) is 32.0 Å². The molecule has 2 N–H and O–H groups in total. The highest BCUT2D eigenvalue weighted by atomic mass is 35.5. The van der Waals surface area contributed by atoms with Crippen molar-refractivity contribution in [1.82, 2.24) is 9.88 Å². The Morgan fingerprint density at radius 2 is 2.37 bits per heavy atom. The van der Waals surface area contributed by atoms with Crippen LogP contribution < -0.4 is 16.2 Å². The van der Waals surface area contributed by atoms with E-state index in [1.807, 2.05) is 6.92 Å². The standard InChI is InChI=1S/C12H17N3O3.ClH/c1-2-15-7-9(3-4-11(15)16)14-12(17)10-8-18-6-5-13-10;/h3-4,7,10,13H,2,5-6,8H2,1H3,(H,14,17);1H. The van der Waals surface area contributed by atoms with E-state index in [4.69, 9.17) is 4.74 Å². The number of pyridine rings is 1. The average molecular weight is 288 g/mol. The van der Waals surface area contributed by atoms with Crippen LogP contribution in [0.3, 0.4) is 0 Å². The van der Waals surface area contributed by atoms with Gasteiger partial charge in [-0.3, -0.25) is 9.59 Å². The molecule has 0 aliphatic carbocycles. The zero-order valence-corrected chi connectivity index (χ0v) is 11.5. The fraction of sp³-hybridized carbons (Fsp3) is 0.500. The number of aromatic nitrogens is 1. The molecule has 0 spiro atoms. The number of hydrogen-bond acceptors (Lipinski definition) is 4. The molecule has 1 atom stereocenters. The fourth-order valence-corrected chi connectivity index (χ4v) is 1.82. The predicted molar refractivity (Wildman–Crippen MR) is 74.9 cm³/mol. The first-order chi connectivity index (χ1) is 8.70. The molecule has 1 amide bonds. The molecule has 2 rings (SSSR count). The summed E-state index contributed by atoms with van der Waals surface area (Å²) in [5.74, 6) is -0.143. The van der Waals surface area contributed by atoms with Crippen LogP contribution in [0, 0.1) is 0 Å². The Balaban J connectivity index is 0.00000180. The SMILES string of the molecule is CCn1cc(NC(=O)C2COCCN2)ccc1=O.Cl. The monoisotopic (exact) mass is 287 g/mol. The van der Waals surface area contributed by atoms with Crippen molar-refractivity contribution in [2.24, 2.45) is 0 Å². The van der Waals surface area contributed by atoms with E-state index in [-0.39, 0.29) is 29.9 Å². The zero-order chi connectivity index (χ0) is 13.0. The number of hydrogen-bond donors (Lipinski definition) is 2. The van der Waals surface area contributed by atoms with Gasteiger partial charge in [0.15, 0.2) is 0 Å². The molecule has 0 radical (unpaired) electrons. The largest absolute Gasteiger partial charge is 0.378 e. The molecule has 1 aliphatic rings. The first-order valence-electron chi connectivity index (χ1n) is 6.03. The molecule has 1 aromatic heterocycles. The summed E-state index contributed by atoms with van der Waals surface area (Å²) < 4.78 is 6.77. The minimum Gasteiger partial charge on any atom is -0.378 e. The lowest BCUT2D eigenvalue weighted by Gasteiger charge is -2.22. The molecule has 19 heavy (non-hydrogen) atoms. The predicted octanol–water partition coefficient (Wildman–Crippen LogP) is 0.217. The number of halogens is 1. The van der Waals surface area contributed by atoms with E-state index in [0.717, 1.165) is 0 Å². The van der Waals surface area contributed by atoms with Crippen molar-refractivity contribution in [1.29, 1.82) is 0 Å². The highest BCUT2D eigenvalue weighted by Gasteiger charge is 2.21. The van der Waals surface area contributed by atoms with Crippen molar-refractivity contribution in [3.8, 4) is 0 Å². The lowest BCUT2D eigenvalue weighted by molar-refractivity contribution is -0.120. The Morgan fingerprint density at radius 1 is 1.58 bits per heavy atom. The highest BCUT2D eigenvalue weighted by Crippen LogP contribution is 2.05. The summed E-state index contributed by atoms with van der Waals surface area (Å²) >= 11 is 0. The van der Waals surface area contributed by atoms with Gasteiger partial charge in [-0.2, -0.15) is 0 Å². The smallest absolute Gasteiger partial charge is 0.250 e. The van der Waals surface area contributed by atoms with E-state index in [1.54, 1.807) is 16.8 Å². The number of nitrogens with one attached hydrogen (secondary N) is 2. The third-order valence-electron chi connectivity index (χ3n) is 2.83. The maximum atomic E-state index is 11.9. The molecular weight excluding hydrogens is 270 g/mol. The van der Waals surface area contributed by atoms with E-state index in [1.165, 1.54) is 6.07 Å². The third-order valence-corrected chi connectivity index (χ3v) is 2.83. The van der Waals surface area contributed by atoms with Crippen molar-refractivity contribution < 1.29 is 9.53 Å². The number of amides is 1. The van der Waals surface area contributed by atoms with Gasteiger partial charge in [-0.25, -0.2) is 0 Å². The number of ether oxygens (including phenoxy) is 1. The molecular formula is C12H18ClN3O3. The molecule has 0 saturated carbocycles. The number of carbonyl (C=O) groups excluding carboxylic acids is 1. The van der Waals surface area contributed by atoms with Crippen LogP contribution in [0.1, 0.15) is 6.92 Å². The van der Waals surface area contributed by atoms with Gasteiger partial charge in [0.1, 0.15) is 6.04 Å². The van der Waals surface area contributed by atoms with Crippen LogP contribution in [0.25, 0.3) is 0 Å². The van der Waals surface area contributed by atoms with Crippen LogP contribution >= 0.6 is 12.4 Å². The van der Waals surface area contributed by atoms with Gasteiger partial charge in [0, 0.05) is 25.4 Å². The van der Waals surface area contributed by atoms with Crippen molar-refractivity contribution in [3.63, 3.8) is 0 Å². The number of carbonyl (C=O) groups is 1. The van der Waals surface area contributed by atoms with Crippen molar-refractivity contribution in [2.45, 2.75) is 19.5 Å².